The van der Waals surface area contributed by atoms with Crippen molar-refractivity contribution in [2.75, 3.05) is 6.61 Å². The number of ether oxygens (including phenoxy) is 2. The fourth-order valence-electron chi connectivity index (χ4n) is 4.02. The largest absolute Gasteiger partial charge is 0.494 e. The van der Waals surface area contributed by atoms with Crippen LogP contribution in [0, 0.1) is 5.82 Å². The van der Waals surface area contributed by atoms with Gasteiger partial charge in [-0.2, -0.15) is 4.98 Å². The molecule has 1 N–H and O–H groups in total. The third-order valence-electron chi connectivity index (χ3n) is 5.98. The molecular weight excluding hydrogens is 483 g/mol. The van der Waals surface area contributed by atoms with Crippen LogP contribution in [-0.2, 0) is 11.4 Å². The fourth-order valence-corrected chi connectivity index (χ4v) is 4.02. The van der Waals surface area contributed by atoms with E-state index in [4.69, 9.17) is 19.6 Å². The average Bonchev–Trinajstić information content (AvgIpc) is 2.95. The third-order valence-corrected chi connectivity index (χ3v) is 5.98. The molecule has 5 rings (SSSR count). The van der Waals surface area contributed by atoms with Crippen LogP contribution >= 0.6 is 0 Å². The Morgan fingerprint density at radius 1 is 0.789 bits per heavy atom. The number of carboxylic acid groups (broad SMARTS) is 1. The van der Waals surface area contributed by atoms with Gasteiger partial charge in [0, 0.05) is 29.2 Å². The number of hydrogen-bond acceptors (Lipinski definition) is 5. The van der Waals surface area contributed by atoms with E-state index in [9.17, 15) is 9.18 Å². The SMILES string of the molecule is O=C(O)CCCOc1ccc2cc(-c3nc(OCc4ccccc4F)cc(-c4ccccc4)n3)ccc2c1. The molecule has 190 valence electrons. The molecule has 0 radical (unpaired) electrons. The van der Waals surface area contributed by atoms with Gasteiger partial charge < -0.3 is 14.6 Å². The number of carbonyl (C=O) groups is 1. The lowest BCUT2D eigenvalue weighted by Gasteiger charge is -2.11. The molecule has 0 atom stereocenters. The highest BCUT2D eigenvalue weighted by molar-refractivity contribution is 5.87. The van der Waals surface area contributed by atoms with Crippen LogP contribution in [0.3, 0.4) is 0 Å². The molecule has 5 aromatic rings. The number of rotatable bonds is 10. The Bertz CT molecular complexity index is 1570. The molecule has 7 heteroatoms. The summed E-state index contributed by atoms with van der Waals surface area (Å²) in [5.74, 6) is 0.360. The summed E-state index contributed by atoms with van der Waals surface area (Å²) >= 11 is 0. The number of nitrogens with zero attached hydrogens (tertiary/aromatic N) is 2. The molecule has 0 spiro atoms. The highest BCUT2D eigenvalue weighted by atomic mass is 19.1. The van der Waals surface area contributed by atoms with Crippen molar-refractivity contribution in [2.24, 2.45) is 0 Å². The van der Waals surface area contributed by atoms with Crippen molar-refractivity contribution in [1.29, 1.82) is 0 Å². The van der Waals surface area contributed by atoms with Crippen LogP contribution < -0.4 is 9.47 Å². The van der Waals surface area contributed by atoms with Crippen molar-refractivity contribution in [2.45, 2.75) is 19.4 Å². The van der Waals surface area contributed by atoms with Crippen molar-refractivity contribution in [3.8, 4) is 34.3 Å². The van der Waals surface area contributed by atoms with Crippen LogP contribution in [0.15, 0.2) is 97.1 Å². The van der Waals surface area contributed by atoms with Crippen molar-refractivity contribution >= 4 is 16.7 Å². The van der Waals surface area contributed by atoms with Gasteiger partial charge in [0.25, 0.3) is 0 Å². The van der Waals surface area contributed by atoms with Crippen molar-refractivity contribution in [3.63, 3.8) is 0 Å². The minimum Gasteiger partial charge on any atom is -0.494 e. The molecule has 0 fully saturated rings. The summed E-state index contributed by atoms with van der Waals surface area (Å²) in [6, 6.07) is 29.6. The molecule has 0 aliphatic rings. The maximum Gasteiger partial charge on any atom is 0.303 e. The molecule has 0 saturated heterocycles. The zero-order valence-corrected chi connectivity index (χ0v) is 20.5. The van der Waals surface area contributed by atoms with Crippen LogP contribution in [0.4, 0.5) is 4.39 Å². The maximum absolute atomic E-state index is 14.1. The summed E-state index contributed by atoms with van der Waals surface area (Å²) in [7, 11) is 0. The first-order chi connectivity index (χ1) is 18.5. The van der Waals surface area contributed by atoms with Gasteiger partial charge in [0.05, 0.1) is 12.3 Å². The molecule has 0 amide bonds. The van der Waals surface area contributed by atoms with E-state index in [0.717, 1.165) is 21.9 Å². The highest BCUT2D eigenvalue weighted by Crippen LogP contribution is 2.29. The van der Waals surface area contributed by atoms with E-state index < -0.39 is 5.97 Å². The minimum atomic E-state index is -0.834. The second-order valence-corrected chi connectivity index (χ2v) is 8.73. The Labute approximate surface area is 219 Å². The van der Waals surface area contributed by atoms with E-state index >= 15 is 0 Å². The quantitative estimate of drug-likeness (QED) is 0.206. The second-order valence-electron chi connectivity index (χ2n) is 8.73. The van der Waals surface area contributed by atoms with Crippen molar-refractivity contribution in [1.82, 2.24) is 9.97 Å². The van der Waals surface area contributed by atoms with Gasteiger partial charge in [-0.3, -0.25) is 4.79 Å². The van der Waals surface area contributed by atoms with Gasteiger partial charge in [0.2, 0.25) is 5.88 Å². The lowest BCUT2D eigenvalue weighted by atomic mass is 10.1. The molecule has 1 heterocycles. The lowest BCUT2D eigenvalue weighted by Crippen LogP contribution is -2.02. The Morgan fingerprint density at radius 2 is 1.55 bits per heavy atom. The predicted octanol–water partition coefficient (Wildman–Crippen LogP) is 6.93. The third kappa shape index (κ3) is 6.13. The van der Waals surface area contributed by atoms with Gasteiger partial charge in [-0.25, -0.2) is 9.37 Å². The summed E-state index contributed by atoms with van der Waals surface area (Å²) in [5.41, 5.74) is 2.86. The predicted molar refractivity (Wildman–Crippen MR) is 144 cm³/mol. The fraction of sp³-hybridized carbons (Fsp3) is 0.129. The summed E-state index contributed by atoms with van der Waals surface area (Å²) in [6.07, 6.45) is 0.522. The Kier molecular flexibility index (Phi) is 7.54. The number of hydrogen-bond donors (Lipinski definition) is 1. The number of aliphatic carboxylic acids is 1. The zero-order chi connectivity index (χ0) is 26.3. The number of benzene rings is 4. The summed E-state index contributed by atoms with van der Waals surface area (Å²) in [5, 5.41) is 10.7. The maximum atomic E-state index is 14.1. The lowest BCUT2D eigenvalue weighted by molar-refractivity contribution is -0.137. The molecule has 6 nitrogen and oxygen atoms in total. The van der Waals surface area contributed by atoms with Crippen LogP contribution in [0.25, 0.3) is 33.4 Å². The smallest absolute Gasteiger partial charge is 0.303 e. The highest BCUT2D eigenvalue weighted by Gasteiger charge is 2.12. The first-order valence-electron chi connectivity index (χ1n) is 12.2. The Balaban J connectivity index is 1.43. The molecule has 0 bridgehead atoms. The van der Waals surface area contributed by atoms with Gasteiger partial charge in [-0.1, -0.05) is 66.7 Å². The van der Waals surface area contributed by atoms with E-state index in [-0.39, 0.29) is 18.8 Å². The molecule has 0 unspecified atom stereocenters. The first-order valence-corrected chi connectivity index (χ1v) is 12.2. The minimum absolute atomic E-state index is 0.0460. The molecule has 0 aliphatic carbocycles. The van der Waals surface area contributed by atoms with Gasteiger partial charge in [-0.05, 0) is 41.5 Å². The molecule has 4 aromatic carbocycles. The molecular formula is C31H25FN2O4. The van der Waals surface area contributed by atoms with E-state index in [1.54, 1.807) is 24.3 Å². The topological polar surface area (TPSA) is 81.5 Å². The van der Waals surface area contributed by atoms with E-state index in [2.05, 4.69) is 4.98 Å². The van der Waals surface area contributed by atoms with Gasteiger partial charge >= 0.3 is 5.97 Å². The normalized spacial score (nSPS) is 10.9. The van der Waals surface area contributed by atoms with Gasteiger partial charge in [0.1, 0.15) is 18.2 Å². The second kappa shape index (κ2) is 11.5. The van der Waals surface area contributed by atoms with Crippen molar-refractivity contribution < 1.29 is 23.8 Å². The van der Waals surface area contributed by atoms with Gasteiger partial charge in [0.15, 0.2) is 5.82 Å². The molecule has 38 heavy (non-hydrogen) atoms. The molecule has 0 aliphatic heterocycles. The molecule has 1 aromatic heterocycles. The first kappa shape index (κ1) is 24.9. The number of fused-ring (bicyclic) bond motifs is 1. The Morgan fingerprint density at radius 3 is 2.37 bits per heavy atom. The summed E-state index contributed by atoms with van der Waals surface area (Å²) in [4.78, 5) is 20.1. The number of halogens is 1. The number of carboxylic acids is 1. The monoisotopic (exact) mass is 508 g/mol. The van der Waals surface area contributed by atoms with E-state index in [1.807, 2.05) is 66.7 Å². The van der Waals surface area contributed by atoms with E-state index in [0.29, 0.717) is 41.7 Å². The number of aromatic nitrogens is 2. The summed E-state index contributed by atoms with van der Waals surface area (Å²) < 4.78 is 25.7. The van der Waals surface area contributed by atoms with E-state index in [1.165, 1.54) is 6.07 Å². The van der Waals surface area contributed by atoms with Crippen LogP contribution in [0.1, 0.15) is 18.4 Å². The standard InChI is InChI=1S/C31H25FN2O4/c32-27-10-5-4-9-25(27)20-38-29-19-28(21-7-2-1-3-8-21)33-31(34-29)24-13-12-23-18-26(15-14-22(23)17-24)37-16-6-11-30(35)36/h1-5,7-10,12-15,17-19H,6,11,16,20H2,(H,35,36). The summed E-state index contributed by atoms with van der Waals surface area (Å²) in [6.45, 7) is 0.385. The molecule has 0 saturated carbocycles. The van der Waals surface area contributed by atoms with Crippen LogP contribution in [0.2, 0.25) is 0 Å². The average molecular weight is 509 g/mol. The zero-order valence-electron chi connectivity index (χ0n) is 20.5. The van der Waals surface area contributed by atoms with Crippen LogP contribution in [0.5, 0.6) is 11.6 Å². The van der Waals surface area contributed by atoms with Crippen LogP contribution in [-0.4, -0.2) is 27.7 Å². The van der Waals surface area contributed by atoms with Gasteiger partial charge in [-0.15, -0.1) is 0 Å². The Hall–Kier alpha value is -4.78. The van der Waals surface area contributed by atoms with Crippen molar-refractivity contribution in [3.05, 3.63) is 108 Å².